The maximum absolute atomic E-state index is 10.6. The maximum Gasteiger partial charge on any atom is 0.303 e. The molecule has 0 aliphatic carbocycles. The summed E-state index contributed by atoms with van der Waals surface area (Å²) in [7, 11) is 0. The van der Waals surface area contributed by atoms with Crippen LogP contribution in [0.4, 0.5) is 0 Å². The van der Waals surface area contributed by atoms with E-state index in [2.05, 4.69) is 42.5 Å². The number of ether oxygens (including phenoxy) is 4. The lowest BCUT2D eigenvalue weighted by molar-refractivity contribution is -0.137. The fourth-order valence-electron chi connectivity index (χ4n) is 3.27. The Labute approximate surface area is 197 Å². The highest BCUT2D eigenvalue weighted by Crippen LogP contribution is 2.21. The summed E-state index contributed by atoms with van der Waals surface area (Å²) in [5, 5.41) is 8.74. The van der Waals surface area contributed by atoms with E-state index in [1.165, 1.54) is 5.56 Å². The lowest BCUT2D eigenvalue weighted by Gasteiger charge is -2.10. The number of carbonyl (C=O) groups is 1. The van der Waals surface area contributed by atoms with Crippen molar-refractivity contribution in [3.8, 4) is 5.75 Å². The van der Waals surface area contributed by atoms with E-state index in [-0.39, 0.29) is 20.0 Å². The number of hydrogen-bond donors (Lipinski definition) is 1. The van der Waals surface area contributed by atoms with Crippen molar-refractivity contribution in [3.63, 3.8) is 0 Å². The van der Waals surface area contributed by atoms with Gasteiger partial charge >= 0.3 is 5.97 Å². The van der Waals surface area contributed by atoms with Gasteiger partial charge in [0, 0.05) is 19.6 Å². The second kappa shape index (κ2) is 16.0. The Morgan fingerprint density at radius 2 is 1.61 bits per heavy atom. The van der Waals surface area contributed by atoms with Gasteiger partial charge in [0.1, 0.15) is 12.5 Å². The summed E-state index contributed by atoms with van der Waals surface area (Å²) in [5.74, 6) is 0.00854. The molecule has 2 aromatic carbocycles. The number of unbranched alkanes of at least 4 members (excludes halogenated alkanes) is 2. The summed E-state index contributed by atoms with van der Waals surface area (Å²) in [6, 6.07) is 14.4. The number of benzene rings is 2. The van der Waals surface area contributed by atoms with Gasteiger partial charge < -0.3 is 24.1 Å². The summed E-state index contributed by atoms with van der Waals surface area (Å²) in [4.78, 5) is 10.6. The molecule has 33 heavy (non-hydrogen) atoms. The van der Waals surface area contributed by atoms with Crippen molar-refractivity contribution in [1.82, 2.24) is 0 Å². The van der Waals surface area contributed by atoms with Crippen LogP contribution < -0.4 is 4.74 Å². The highest BCUT2D eigenvalue weighted by Gasteiger charge is 2.03. The molecule has 6 nitrogen and oxygen atoms in total. The van der Waals surface area contributed by atoms with Crippen molar-refractivity contribution in [2.75, 3.05) is 26.8 Å². The minimum absolute atomic E-state index is 0.206. The van der Waals surface area contributed by atoms with Crippen molar-refractivity contribution in [2.45, 2.75) is 52.6 Å². The number of carboxylic acids is 1. The van der Waals surface area contributed by atoms with E-state index in [0.717, 1.165) is 48.1 Å². The van der Waals surface area contributed by atoms with Crippen molar-refractivity contribution >= 4 is 18.1 Å². The van der Waals surface area contributed by atoms with Gasteiger partial charge in [-0.3, -0.25) is 4.79 Å². The lowest BCUT2D eigenvalue weighted by Crippen LogP contribution is -2.04. The van der Waals surface area contributed by atoms with Crippen molar-refractivity contribution in [2.24, 2.45) is 0 Å². The normalized spacial score (nSPS) is 11.2. The molecule has 2 aromatic rings. The molecule has 0 fully saturated rings. The Kier molecular flexibility index (Phi) is 12.9. The maximum atomic E-state index is 10.6. The van der Waals surface area contributed by atoms with Crippen LogP contribution in [0.1, 0.15) is 61.8 Å². The molecule has 0 saturated carbocycles. The molecule has 0 bridgehead atoms. The fraction of sp³-hybridized carbons (Fsp3) is 0.444. The summed E-state index contributed by atoms with van der Waals surface area (Å²) in [6.07, 6.45) is 7.98. The first-order valence-electron chi connectivity index (χ1n) is 11.6. The smallest absolute Gasteiger partial charge is 0.303 e. The molecule has 2 rings (SSSR count). The van der Waals surface area contributed by atoms with E-state index in [4.69, 9.17) is 24.1 Å². The molecular formula is C27H36O6. The van der Waals surface area contributed by atoms with Gasteiger partial charge in [-0.25, -0.2) is 0 Å². The SMILES string of the molecule is CCOCOCc1cc(/C=C/c2cccc(CCCCCC(=O)O)c2)cc(OCOCC)c1. The van der Waals surface area contributed by atoms with Gasteiger partial charge in [-0.1, -0.05) is 42.8 Å². The number of hydrogen-bond acceptors (Lipinski definition) is 5. The van der Waals surface area contributed by atoms with Crippen molar-refractivity contribution < 1.29 is 28.8 Å². The third-order valence-corrected chi connectivity index (χ3v) is 4.92. The number of carboxylic acid groups (broad SMARTS) is 1. The highest BCUT2D eigenvalue weighted by molar-refractivity contribution is 5.71. The second-order valence-electron chi connectivity index (χ2n) is 7.66. The first kappa shape index (κ1) is 26.6. The summed E-state index contributed by atoms with van der Waals surface area (Å²) in [5.41, 5.74) is 4.38. The topological polar surface area (TPSA) is 74.2 Å². The molecule has 0 aliphatic rings. The van der Waals surface area contributed by atoms with Crippen LogP contribution in [-0.4, -0.2) is 37.9 Å². The van der Waals surface area contributed by atoms with Gasteiger partial charge in [0.05, 0.1) is 6.61 Å². The van der Waals surface area contributed by atoms with E-state index in [1.807, 2.05) is 26.0 Å². The van der Waals surface area contributed by atoms with Gasteiger partial charge in [-0.2, -0.15) is 0 Å². The van der Waals surface area contributed by atoms with E-state index in [0.29, 0.717) is 19.8 Å². The van der Waals surface area contributed by atoms with Crippen LogP contribution in [0.25, 0.3) is 12.2 Å². The largest absolute Gasteiger partial charge is 0.481 e. The van der Waals surface area contributed by atoms with E-state index in [9.17, 15) is 4.79 Å². The molecule has 0 atom stereocenters. The first-order valence-corrected chi connectivity index (χ1v) is 11.6. The van der Waals surface area contributed by atoms with Gasteiger partial charge in [0.15, 0.2) is 6.79 Å². The molecule has 0 aromatic heterocycles. The number of aryl methyl sites for hydroxylation is 1. The van der Waals surface area contributed by atoms with Crippen molar-refractivity contribution in [3.05, 3.63) is 64.7 Å². The molecule has 1 N–H and O–H groups in total. The highest BCUT2D eigenvalue weighted by atomic mass is 16.7. The Hall–Kier alpha value is -2.67. The average Bonchev–Trinajstić information content (AvgIpc) is 2.81. The lowest BCUT2D eigenvalue weighted by atomic mass is 10.0. The predicted octanol–water partition coefficient (Wildman–Crippen LogP) is 5.93. The first-order chi connectivity index (χ1) is 16.1. The zero-order valence-corrected chi connectivity index (χ0v) is 19.8. The zero-order chi connectivity index (χ0) is 23.7. The molecule has 0 spiro atoms. The Morgan fingerprint density at radius 3 is 2.39 bits per heavy atom. The molecule has 0 aliphatic heterocycles. The molecule has 0 heterocycles. The van der Waals surface area contributed by atoms with Gasteiger partial charge in [0.2, 0.25) is 0 Å². The minimum atomic E-state index is -0.724. The van der Waals surface area contributed by atoms with E-state index >= 15 is 0 Å². The van der Waals surface area contributed by atoms with Crippen LogP contribution >= 0.6 is 0 Å². The Morgan fingerprint density at radius 1 is 0.848 bits per heavy atom. The Balaban J connectivity index is 2.01. The molecule has 6 heteroatoms. The Bertz CT molecular complexity index is 861. The van der Waals surface area contributed by atoms with Gasteiger partial charge in [0.25, 0.3) is 0 Å². The minimum Gasteiger partial charge on any atom is -0.481 e. The summed E-state index contributed by atoms with van der Waals surface area (Å²) in [6.45, 7) is 5.98. The molecule has 0 unspecified atom stereocenters. The predicted molar refractivity (Wildman–Crippen MR) is 130 cm³/mol. The monoisotopic (exact) mass is 456 g/mol. The van der Waals surface area contributed by atoms with Crippen LogP contribution in [0.3, 0.4) is 0 Å². The molecule has 0 saturated heterocycles. The van der Waals surface area contributed by atoms with Gasteiger partial charge in [-0.15, -0.1) is 0 Å². The van der Waals surface area contributed by atoms with E-state index < -0.39 is 5.97 Å². The number of aliphatic carboxylic acids is 1. The third-order valence-electron chi connectivity index (χ3n) is 4.92. The molecule has 0 amide bonds. The fourth-order valence-corrected chi connectivity index (χ4v) is 3.27. The summed E-state index contributed by atoms with van der Waals surface area (Å²) >= 11 is 0. The second-order valence-corrected chi connectivity index (χ2v) is 7.66. The van der Waals surface area contributed by atoms with Crippen LogP contribution in [-0.2, 0) is 32.0 Å². The molecule has 180 valence electrons. The quantitative estimate of drug-likeness (QED) is 0.181. The average molecular weight is 457 g/mol. The van der Waals surface area contributed by atoms with Crippen LogP contribution in [0, 0.1) is 0 Å². The molecular weight excluding hydrogens is 420 g/mol. The van der Waals surface area contributed by atoms with Crippen LogP contribution in [0.2, 0.25) is 0 Å². The van der Waals surface area contributed by atoms with Crippen LogP contribution in [0.5, 0.6) is 5.75 Å². The number of rotatable bonds is 17. The van der Waals surface area contributed by atoms with Crippen molar-refractivity contribution in [1.29, 1.82) is 0 Å². The van der Waals surface area contributed by atoms with Crippen LogP contribution in [0.15, 0.2) is 42.5 Å². The van der Waals surface area contributed by atoms with Gasteiger partial charge in [-0.05, 0) is 73.6 Å². The zero-order valence-electron chi connectivity index (χ0n) is 19.8. The third kappa shape index (κ3) is 11.7. The summed E-state index contributed by atoms with van der Waals surface area (Å²) < 4.78 is 21.9. The standard InChI is InChI=1S/C27H36O6/c1-3-30-20-32-19-25-16-24(17-26(18-25)33-21-31-4-2)14-13-23-11-8-10-22(15-23)9-6-5-7-12-27(28)29/h8,10-11,13-18H,3-7,9,12,19-21H2,1-2H3,(H,28,29)/b14-13+. The molecule has 0 radical (unpaired) electrons. The van der Waals surface area contributed by atoms with E-state index in [1.54, 1.807) is 0 Å².